The van der Waals surface area contributed by atoms with E-state index < -0.39 is 6.17 Å². The summed E-state index contributed by atoms with van der Waals surface area (Å²) in [4.78, 5) is 12.0. The van der Waals surface area contributed by atoms with E-state index in [1.54, 1.807) is 11.3 Å². The number of imidazole rings is 1. The average Bonchev–Trinajstić information content (AvgIpc) is 3.66. The molecule has 5 aromatic carbocycles. The molecular weight excluding hydrogens is 600 g/mol. The van der Waals surface area contributed by atoms with E-state index in [4.69, 9.17) is 9.97 Å². The van der Waals surface area contributed by atoms with Crippen molar-refractivity contribution < 1.29 is 4.39 Å². The number of halogens is 1. The molecule has 0 fully saturated rings. The summed E-state index contributed by atoms with van der Waals surface area (Å²) < 4.78 is 21.4. The van der Waals surface area contributed by atoms with Gasteiger partial charge in [-0.3, -0.25) is 4.90 Å². The molecule has 8 aromatic rings. The number of hydrogen-bond donors (Lipinski definition) is 0. The standard InChI is InChI=1S/C41H31FN4S/c1-41(2)29-19-18-26(38(42)25-11-10-12-27(23-25)40-44-31-14-5-6-15-32(31)45(40)3)24-33(29)46(36-17-8-9-22-43-36)39-30(41)20-21-35-37(39)28-13-4-7-16-34(28)47-35/h4-24,38H,1-3H3. The normalized spacial score (nSPS) is 14.4. The molecule has 0 aliphatic carbocycles. The van der Waals surface area contributed by atoms with Gasteiger partial charge in [0.05, 0.1) is 22.4 Å². The van der Waals surface area contributed by atoms with Crippen molar-refractivity contribution in [2.75, 3.05) is 4.90 Å². The average molecular weight is 631 g/mol. The summed E-state index contributed by atoms with van der Waals surface area (Å²) >= 11 is 1.81. The molecule has 47 heavy (non-hydrogen) atoms. The predicted octanol–water partition coefficient (Wildman–Crippen LogP) is 11.2. The minimum atomic E-state index is -1.33. The highest BCUT2D eigenvalue weighted by Gasteiger charge is 2.39. The molecule has 6 heteroatoms. The van der Waals surface area contributed by atoms with Gasteiger partial charge in [0, 0.05) is 44.4 Å². The highest BCUT2D eigenvalue weighted by molar-refractivity contribution is 7.26. The number of hydrogen-bond acceptors (Lipinski definition) is 4. The van der Waals surface area contributed by atoms with Crippen molar-refractivity contribution in [2.24, 2.45) is 7.05 Å². The summed E-state index contributed by atoms with van der Waals surface area (Å²) in [6.07, 6.45) is 0.497. The lowest BCUT2D eigenvalue weighted by Crippen LogP contribution is -2.31. The van der Waals surface area contributed by atoms with Crippen LogP contribution in [0.15, 0.2) is 128 Å². The highest BCUT2D eigenvalue weighted by Crippen LogP contribution is 2.56. The Kier molecular flexibility index (Phi) is 6.15. The molecule has 0 radical (unpaired) electrons. The van der Waals surface area contributed by atoms with Gasteiger partial charge >= 0.3 is 0 Å². The minimum Gasteiger partial charge on any atom is -0.327 e. The van der Waals surface area contributed by atoms with Crippen LogP contribution in [0.5, 0.6) is 0 Å². The maximum Gasteiger partial charge on any atom is 0.150 e. The third-order valence-electron chi connectivity index (χ3n) is 9.74. The number of alkyl halides is 1. The van der Waals surface area contributed by atoms with Crippen molar-refractivity contribution >= 4 is 59.7 Å². The summed E-state index contributed by atoms with van der Waals surface area (Å²) in [5.41, 5.74) is 8.18. The Morgan fingerprint density at radius 2 is 1.53 bits per heavy atom. The largest absolute Gasteiger partial charge is 0.327 e. The maximum atomic E-state index is 16.8. The summed E-state index contributed by atoms with van der Waals surface area (Å²) in [6.45, 7) is 4.54. The van der Waals surface area contributed by atoms with Crippen LogP contribution in [0.2, 0.25) is 0 Å². The second-order valence-corrected chi connectivity index (χ2v) is 13.9. The number of nitrogens with zero attached hydrogens (tertiary/aromatic N) is 4. The maximum absolute atomic E-state index is 16.8. The fourth-order valence-corrected chi connectivity index (χ4v) is 8.48. The minimum absolute atomic E-state index is 0.322. The van der Waals surface area contributed by atoms with Crippen molar-refractivity contribution in [1.82, 2.24) is 14.5 Å². The lowest BCUT2D eigenvalue weighted by atomic mass is 9.72. The number of fused-ring (bicyclic) bond motifs is 7. The molecule has 0 N–H and O–H groups in total. The topological polar surface area (TPSA) is 34.0 Å². The third-order valence-corrected chi connectivity index (χ3v) is 10.9. The number of rotatable bonds is 4. The Labute approximate surface area is 276 Å². The van der Waals surface area contributed by atoms with Crippen LogP contribution in [0, 0.1) is 0 Å². The lowest BCUT2D eigenvalue weighted by molar-refractivity contribution is 0.402. The van der Waals surface area contributed by atoms with Crippen LogP contribution < -0.4 is 4.90 Å². The van der Waals surface area contributed by atoms with E-state index in [1.807, 2.05) is 86.0 Å². The second-order valence-electron chi connectivity index (χ2n) is 12.8. The molecule has 4 nitrogen and oxygen atoms in total. The van der Waals surface area contributed by atoms with E-state index in [9.17, 15) is 0 Å². The second kappa shape index (κ2) is 10.3. The Hall–Kier alpha value is -5.33. The SMILES string of the molecule is Cn1c(-c2cccc(C(F)c3ccc4c(c3)N(c3ccccn3)c3c(ccc5sc6ccccc6c35)C4(C)C)c2)nc2ccccc21. The van der Waals surface area contributed by atoms with Crippen molar-refractivity contribution in [2.45, 2.75) is 25.4 Å². The van der Waals surface area contributed by atoms with Crippen LogP contribution in [0.25, 0.3) is 42.6 Å². The van der Waals surface area contributed by atoms with E-state index in [0.717, 1.165) is 45.2 Å². The molecule has 1 atom stereocenters. The molecule has 1 aliphatic rings. The van der Waals surface area contributed by atoms with E-state index >= 15 is 4.39 Å². The summed E-state index contributed by atoms with van der Waals surface area (Å²) in [5, 5.41) is 2.44. The van der Waals surface area contributed by atoms with E-state index in [1.165, 1.54) is 25.7 Å². The van der Waals surface area contributed by atoms with Crippen LogP contribution in [0.4, 0.5) is 21.6 Å². The van der Waals surface area contributed by atoms with Gasteiger partial charge in [-0.2, -0.15) is 0 Å². The van der Waals surface area contributed by atoms with Gasteiger partial charge in [0.25, 0.3) is 0 Å². The van der Waals surface area contributed by atoms with Crippen molar-refractivity contribution in [3.63, 3.8) is 0 Å². The van der Waals surface area contributed by atoms with E-state index in [-0.39, 0.29) is 5.41 Å². The number of benzene rings is 5. The Morgan fingerprint density at radius 3 is 2.38 bits per heavy atom. The molecule has 1 unspecified atom stereocenters. The molecule has 0 bridgehead atoms. The number of thiophene rings is 1. The Balaban J connectivity index is 1.22. The molecule has 1 aliphatic heterocycles. The number of pyridine rings is 1. The first-order valence-electron chi connectivity index (χ1n) is 15.9. The summed E-state index contributed by atoms with van der Waals surface area (Å²) in [7, 11) is 2.01. The smallest absolute Gasteiger partial charge is 0.150 e. The molecule has 0 saturated carbocycles. The van der Waals surface area contributed by atoms with Gasteiger partial charge in [-0.15, -0.1) is 11.3 Å². The van der Waals surface area contributed by atoms with E-state index in [0.29, 0.717) is 11.1 Å². The first kappa shape index (κ1) is 27.9. The van der Waals surface area contributed by atoms with Crippen molar-refractivity contribution in [3.05, 3.63) is 150 Å². The highest BCUT2D eigenvalue weighted by atomic mass is 32.1. The number of para-hydroxylation sites is 2. The lowest BCUT2D eigenvalue weighted by Gasteiger charge is -2.42. The van der Waals surface area contributed by atoms with Gasteiger partial charge in [0.1, 0.15) is 11.6 Å². The Bertz CT molecular complexity index is 2490. The molecule has 4 heterocycles. The van der Waals surface area contributed by atoms with Gasteiger partial charge in [-0.1, -0.05) is 86.6 Å². The third kappa shape index (κ3) is 4.18. The zero-order chi connectivity index (χ0) is 31.9. The van der Waals surface area contributed by atoms with Gasteiger partial charge in [-0.05, 0) is 70.8 Å². The van der Waals surface area contributed by atoms with Gasteiger partial charge < -0.3 is 4.57 Å². The van der Waals surface area contributed by atoms with Crippen LogP contribution >= 0.6 is 11.3 Å². The number of anilines is 3. The molecule has 0 saturated heterocycles. The quantitative estimate of drug-likeness (QED) is 0.194. The van der Waals surface area contributed by atoms with Crippen LogP contribution in [-0.2, 0) is 12.5 Å². The van der Waals surface area contributed by atoms with Crippen LogP contribution in [-0.4, -0.2) is 14.5 Å². The Morgan fingerprint density at radius 1 is 0.745 bits per heavy atom. The van der Waals surface area contributed by atoms with Crippen LogP contribution in [0.3, 0.4) is 0 Å². The molecule has 0 amide bonds. The van der Waals surface area contributed by atoms with Gasteiger partial charge in [-0.25, -0.2) is 14.4 Å². The first-order chi connectivity index (χ1) is 22.9. The molecule has 0 spiro atoms. The molecule has 9 rings (SSSR count). The van der Waals surface area contributed by atoms with Crippen molar-refractivity contribution in [1.29, 1.82) is 0 Å². The predicted molar refractivity (Wildman–Crippen MR) is 193 cm³/mol. The first-order valence-corrected chi connectivity index (χ1v) is 16.7. The summed E-state index contributed by atoms with van der Waals surface area (Å²) in [6, 6.07) is 41.0. The van der Waals surface area contributed by atoms with Crippen LogP contribution in [0.1, 0.15) is 42.3 Å². The number of aryl methyl sites for hydroxylation is 1. The van der Waals surface area contributed by atoms with Gasteiger partial charge in [0.15, 0.2) is 6.17 Å². The monoisotopic (exact) mass is 630 g/mol. The van der Waals surface area contributed by atoms with E-state index in [2.05, 4.69) is 71.8 Å². The summed E-state index contributed by atoms with van der Waals surface area (Å²) in [5.74, 6) is 1.63. The molecular formula is C41H31FN4S. The van der Waals surface area contributed by atoms with Crippen molar-refractivity contribution in [3.8, 4) is 11.4 Å². The fraction of sp³-hybridized carbons (Fsp3) is 0.122. The molecule has 3 aromatic heterocycles. The molecule has 228 valence electrons. The fourth-order valence-electron chi connectivity index (χ4n) is 7.38. The number of aromatic nitrogens is 3. The van der Waals surface area contributed by atoms with Gasteiger partial charge in [0.2, 0.25) is 0 Å². The zero-order valence-corrected chi connectivity index (χ0v) is 27.1. The zero-order valence-electron chi connectivity index (χ0n) is 26.3.